The van der Waals surface area contributed by atoms with E-state index in [9.17, 15) is 9.59 Å². The number of unbranched alkanes of at least 4 members (excludes halogenated alkanes) is 2. The van der Waals surface area contributed by atoms with Crippen molar-refractivity contribution < 1.29 is 38.0 Å². The number of carbonyl (C=O) groups excluding carboxylic acids is 2. The molecule has 8 nitrogen and oxygen atoms in total. The molecule has 172 valence electrons. The normalized spacial score (nSPS) is 11.4. The Morgan fingerprint density at radius 2 is 1.10 bits per heavy atom. The van der Waals surface area contributed by atoms with E-state index >= 15 is 0 Å². The monoisotopic (exact) mass is 420 g/mol. The Morgan fingerprint density at radius 3 is 1.59 bits per heavy atom. The molecule has 0 fully saturated rings. The van der Waals surface area contributed by atoms with Crippen LogP contribution in [-0.2, 0) is 38.0 Å². The number of ether oxygens (including phenoxy) is 6. The minimum absolute atomic E-state index is 0.163. The number of esters is 2. The smallest absolute Gasteiger partial charge is 0.308 e. The molecule has 0 spiro atoms. The molecule has 8 heteroatoms. The van der Waals surface area contributed by atoms with Gasteiger partial charge in [0.25, 0.3) is 0 Å². The number of rotatable bonds is 19. The molecule has 0 saturated heterocycles. The van der Waals surface area contributed by atoms with Crippen molar-refractivity contribution in [1.82, 2.24) is 0 Å². The predicted octanol–water partition coefficient (Wildman–Crippen LogP) is 2.91. The first-order valence-electron chi connectivity index (χ1n) is 10.5. The molecule has 0 aliphatic heterocycles. The van der Waals surface area contributed by atoms with Crippen LogP contribution in [0.4, 0.5) is 0 Å². The molecular formula is C21H40O8. The van der Waals surface area contributed by atoms with Gasteiger partial charge >= 0.3 is 11.9 Å². The van der Waals surface area contributed by atoms with Gasteiger partial charge in [-0.05, 0) is 27.2 Å². The third kappa shape index (κ3) is 22.9. The summed E-state index contributed by atoms with van der Waals surface area (Å²) in [6.07, 6.45) is 3.73. The molecule has 0 radical (unpaired) electrons. The molecule has 0 aliphatic carbocycles. The highest BCUT2D eigenvalue weighted by molar-refractivity contribution is 5.70. The number of carbonyl (C=O) groups is 2. The van der Waals surface area contributed by atoms with E-state index < -0.39 is 5.60 Å². The van der Waals surface area contributed by atoms with E-state index in [0.29, 0.717) is 59.3 Å². The zero-order valence-electron chi connectivity index (χ0n) is 18.7. The molecule has 0 aromatic heterocycles. The van der Waals surface area contributed by atoms with E-state index in [4.69, 9.17) is 28.4 Å². The van der Waals surface area contributed by atoms with Crippen LogP contribution in [0.2, 0.25) is 0 Å². The topological polar surface area (TPSA) is 89.5 Å². The molecule has 0 aromatic carbocycles. The lowest BCUT2D eigenvalue weighted by atomic mass is 10.2. The molecule has 0 aliphatic rings. The lowest BCUT2D eigenvalue weighted by Crippen LogP contribution is -2.24. The molecule has 0 saturated carbocycles. The Morgan fingerprint density at radius 1 is 0.621 bits per heavy atom. The van der Waals surface area contributed by atoms with Gasteiger partial charge in [-0.2, -0.15) is 0 Å². The Bertz CT molecular complexity index is 406. The Balaban J connectivity index is 3.21. The number of hydrogen-bond donors (Lipinski definition) is 0. The SMILES string of the molecule is CCCCCC(=O)OCCOCCOCCOCCOCCC(=O)OC(C)(C)C. The van der Waals surface area contributed by atoms with Crippen molar-refractivity contribution in [3.05, 3.63) is 0 Å². The fraction of sp³-hybridized carbons (Fsp3) is 0.905. The molecule has 0 heterocycles. The molecule has 0 unspecified atom stereocenters. The summed E-state index contributed by atoms with van der Waals surface area (Å²) in [6, 6.07) is 0. The van der Waals surface area contributed by atoms with Gasteiger partial charge in [0.1, 0.15) is 12.2 Å². The highest BCUT2D eigenvalue weighted by atomic mass is 16.6. The number of hydrogen-bond acceptors (Lipinski definition) is 8. The molecule has 29 heavy (non-hydrogen) atoms. The summed E-state index contributed by atoms with van der Waals surface area (Å²) in [7, 11) is 0. The molecule has 0 rings (SSSR count). The van der Waals surface area contributed by atoms with E-state index in [-0.39, 0.29) is 25.0 Å². The minimum atomic E-state index is -0.466. The third-order valence-electron chi connectivity index (χ3n) is 3.46. The molecule has 0 atom stereocenters. The second kappa shape index (κ2) is 18.8. The van der Waals surface area contributed by atoms with E-state index in [1.165, 1.54) is 0 Å². The lowest BCUT2D eigenvalue weighted by molar-refractivity contribution is -0.156. The van der Waals surface area contributed by atoms with E-state index in [1.54, 1.807) is 0 Å². The van der Waals surface area contributed by atoms with Gasteiger partial charge in [-0.15, -0.1) is 0 Å². The van der Waals surface area contributed by atoms with Crippen molar-refractivity contribution in [2.75, 3.05) is 59.5 Å². The summed E-state index contributed by atoms with van der Waals surface area (Å²) in [5, 5.41) is 0. The quantitative estimate of drug-likeness (QED) is 0.233. The summed E-state index contributed by atoms with van der Waals surface area (Å²) >= 11 is 0. The first-order valence-corrected chi connectivity index (χ1v) is 10.5. The van der Waals surface area contributed by atoms with Crippen molar-refractivity contribution in [3.8, 4) is 0 Å². The average Bonchev–Trinajstić information content (AvgIpc) is 2.63. The van der Waals surface area contributed by atoms with Gasteiger partial charge in [-0.25, -0.2) is 0 Å². The maximum absolute atomic E-state index is 11.5. The van der Waals surface area contributed by atoms with Crippen LogP contribution in [-0.4, -0.2) is 77.0 Å². The van der Waals surface area contributed by atoms with Crippen molar-refractivity contribution >= 4 is 11.9 Å². The van der Waals surface area contributed by atoms with Crippen LogP contribution in [0.25, 0.3) is 0 Å². The van der Waals surface area contributed by atoms with Crippen LogP contribution in [0.15, 0.2) is 0 Å². The fourth-order valence-corrected chi connectivity index (χ4v) is 2.12. The van der Waals surface area contributed by atoms with E-state index in [1.807, 2.05) is 20.8 Å². The maximum atomic E-state index is 11.5. The summed E-state index contributed by atoms with van der Waals surface area (Å²) < 4.78 is 31.6. The van der Waals surface area contributed by atoms with E-state index in [0.717, 1.165) is 19.3 Å². The highest BCUT2D eigenvalue weighted by Crippen LogP contribution is 2.08. The van der Waals surface area contributed by atoms with Crippen molar-refractivity contribution in [1.29, 1.82) is 0 Å². The van der Waals surface area contributed by atoms with Gasteiger partial charge in [-0.3, -0.25) is 9.59 Å². The third-order valence-corrected chi connectivity index (χ3v) is 3.46. The fourth-order valence-electron chi connectivity index (χ4n) is 2.12. The van der Waals surface area contributed by atoms with Gasteiger partial charge in [0.15, 0.2) is 0 Å². The van der Waals surface area contributed by atoms with Crippen LogP contribution < -0.4 is 0 Å². The van der Waals surface area contributed by atoms with Crippen LogP contribution in [0.3, 0.4) is 0 Å². The highest BCUT2D eigenvalue weighted by Gasteiger charge is 2.15. The van der Waals surface area contributed by atoms with Crippen LogP contribution in [0.1, 0.15) is 59.8 Å². The van der Waals surface area contributed by atoms with Gasteiger partial charge in [-0.1, -0.05) is 19.8 Å². The maximum Gasteiger partial charge on any atom is 0.308 e. The summed E-state index contributed by atoms with van der Waals surface area (Å²) in [4.78, 5) is 22.8. The summed E-state index contributed by atoms with van der Waals surface area (Å²) in [6.45, 7) is 11.3. The molecule has 0 N–H and O–H groups in total. The first-order chi connectivity index (χ1) is 13.8. The molecule has 0 aromatic rings. The summed E-state index contributed by atoms with van der Waals surface area (Å²) in [5.74, 6) is -0.427. The van der Waals surface area contributed by atoms with Crippen LogP contribution >= 0.6 is 0 Å². The van der Waals surface area contributed by atoms with Crippen molar-refractivity contribution in [2.45, 2.75) is 65.4 Å². The lowest BCUT2D eigenvalue weighted by Gasteiger charge is -2.19. The zero-order valence-corrected chi connectivity index (χ0v) is 18.7. The molecule has 0 bridgehead atoms. The van der Waals surface area contributed by atoms with Crippen LogP contribution in [0, 0.1) is 0 Å². The van der Waals surface area contributed by atoms with Gasteiger partial charge in [0, 0.05) is 6.42 Å². The predicted molar refractivity (Wildman–Crippen MR) is 109 cm³/mol. The second-order valence-corrected chi connectivity index (χ2v) is 7.46. The Labute approximate surface area is 175 Å². The largest absolute Gasteiger partial charge is 0.463 e. The first kappa shape index (κ1) is 27.8. The van der Waals surface area contributed by atoms with Gasteiger partial charge in [0.2, 0.25) is 0 Å². The summed E-state index contributed by atoms with van der Waals surface area (Å²) in [5.41, 5.74) is -0.466. The average molecular weight is 421 g/mol. The second-order valence-electron chi connectivity index (χ2n) is 7.46. The van der Waals surface area contributed by atoms with Gasteiger partial charge < -0.3 is 28.4 Å². The Kier molecular flexibility index (Phi) is 18.0. The van der Waals surface area contributed by atoms with Crippen molar-refractivity contribution in [2.24, 2.45) is 0 Å². The van der Waals surface area contributed by atoms with Crippen LogP contribution in [0.5, 0.6) is 0 Å². The minimum Gasteiger partial charge on any atom is -0.463 e. The molecular weight excluding hydrogens is 380 g/mol. The Hall–Kier alpha value is -1.22. The van der Waals surface area contributed by atoms with Crippen molar-refractivity contribution in [3.63, 3.8) is 0 Å². The zero-order chi connectivity index (χ0) is 21.8. The van der Waals surface area contributed by atoms with Gasteiger partial charge in [0.05, 0.1) is 59.3 Å². The van der Waals surface area contributed by atoms with E-state index in [2.05, 4.69) is 6.92 Å². The standard InChI is InChI=1S/C21H40O8/c1-5-6-7-8-19(22)28-18-17-27-16-15-26-14-13-25-12-11-24-10-9-20(23)29-21(2,3)4/h5-18H2,1-4H3. The molecule has 0 amide bonds.